The minimum absolute atomic E-state index is 0.0175. The van der Waals surface area contributed by atoms with Crippen molar-refractivity contribution in [3.8, 4) is 5.69 Å². The standard InChI is InChI=1S/C21H21FN4O2/c1-13(2)19-18(12-24-26(19)17-10-6-15(22)7-11-17)21(28)25-16-8-4-14(5-9-16)20(27)23-3/h4-13H,1-3H3,(H,23,27)(H,25,28). The van der Waals surface area contributed by atoms with E-state index in [9.17, 15) is 14.0 Å². The van der Waals surface area contributed by atoms with Crippen LogP contribution in [-0.4, -0.2) is 28.6 Å². The smallest absolute Gasteiger partial charge is 0.259 e. The minimum Gasteiger partial charge on any atom is -0.355 e. The Kier molecular flexibility index (Phi) is 5.54. The summed E-state index contributed by atoms with van der Waals surface area (Å²) in [4.78, 5) is 24.4. The lowest BCUT2D eigenvalue weighted by Gasteiger charge is -2.13. The van der Waals surface area contributed by atoms with Gasteiger partial charge in [0.15, 0.2) is 0 Å². The summed E-state index contributed by atoms with van der Waals surface area (Å²) in [6.07, 6.45) is 1.51. The molecule has 0 saturated heterocycles. The molecule has 0 fully saturated rings. The third kappa shape index (κ3) is 3.93. The lowest BCUT2D eigenvalue weighted by molar-refractivity contribution is 0.0962. The highest BCUT2D eigenvalue weighted by Gasteiger charge is 2.21. The van der Waals surface area contributed by atoms with Gasteiger partial charge in [0.2, 0.25) is 0 Å². The molecule has 0 bridgehead atoms. The molecular weight excluding hydrogens is 359 g/mol. The number of aromatic nitrogens is 2. The molecule has 0 aliphatic heterocycles. The van der Waals surface area contributed by atoms with Gasteiger partial charge < -0.3 is 10.6 Å². The first kappa shape index (κ1) is 19.3. The first-order chi connectivity index (χ1) is 13.4. The van der Waals surface area contributed by atoms with Crippen LogP contribution in [0.1, 0.15) is 46.2 Å². The zero-order valence-electron chi connectivity index (χ0n) is 15.9. The lowest BCUT2D eigenvalue weighted by atomic mass is 10.0. The van der Waals surface area contributed by atoms with Crippen molar-refractivity contribution < 1.29 is 14.0 Å². The molecule has 144 valence electrons. The van der Waals surface area contributed by atoms with Gasteiger partial charge in [0.1, 0.15) is 5.82 Å². The normalized spacial score (nSPS) is 10.8. The van der Waals surface area contributed by atoms with Crippen molar-refractivity contribution in [2.45, 2.75) is 19.8 Å². The number of hydrogen-bond acceptors (Lipinski definition) is 3. The average Bonchev–Trinajstić information content (AvgIpc) is 3.14. The molecule has 0 radical (unpaired) electrons. The number of rotatable bonds is 5. The maximum absolute atomic E-state index is 13.2. The van der Waals surface area contributed by atoms with E-state index in [2.05, 4.69) is 15.7 Å². The highest BCUT2D eigenvalue weighted by atomic mass is 19.1. The predicted octanol–water partition coefficient (Wildman–Crippen LogP) is 3.75. The number of benzene rings is 2. The molecule has 2 amide bonds. The van der Waals surface area contributed by atoms with Crippen LogP contribution in [0.3, 0.4) is 0 Å². The molecule has 0 atom stereocenters. The molecule has 2 aromatic carbocycles. The fourth-order valence-electron chi connectivity index (χ4n) is 2.92. The van der Waals surface area contributed by atoms with Crippen molar-refractivity contribution in [2.24, 2.45) is 0 Å². The van der Waals surface area contributed by atoms with E-state index in [4.69, 9.17) is 0 Å². The first-order valence-electron chi connectivity index (χ1n) is 8.88. The van der Waals surface area contributed by atoms with Crippen molar-refractivity contribution in [2.75, 3.05) is 12.4 Å². The molecule has 0 aliphatic carbocycles. The second-order valence-corrected chi connectivity index (χ2v) is 6.60. The van der Waals surface area contributed by atoms with Gasteiger partial charge in [-0.05, 0) is 54.4 Å². The molecule has 28 heavy (non-hydrogen) atoms. The number of carbonyl (C=O) groups is 2. The zero-order valence-corrected chi connectivity index (χ0v) is 15.9. The molecule has 3 rings (SSSR count). The fraction of sp³-hybridized carbons (Fsp3) is 0.190. The second-order valence-electron chi connectivity index (χ2n) is 6.60. The topological polar surface area (TPSA) is 76.0 Å². The summed E-state index contributed by atoms with van der Waals surface area (Å²) in [6.45, 7) is 3.93. The van der Waals surface area contributed by atoms with Crippen molar-refractivity contribution in [3.63, 3.8) is 0 Å². The number of halogens is 1. The van der Waals surface area contributed by atoms with Crippen LogP contribution in [0.2, 0.25) is 0 Å². The summed E-state index contributed by atoms with van der Waals surface area (Å²) in [5.74, 6) is -0.811. The Hall–Kier alpha value is -3.48. The van der Waals surface area contributed by atoms with Crippen LogP contribution in [0.5, 0.6) is 0 Å². The number of nitrogens with one attached hydrogen (secondary N) is 2. The number of carbonyl (C=O) groups excluding carboxylic acids is 2. The minimum atomic E-state index is -0.333. The van der Waals surface area contributed by atoms with Crippen LogP contribution in [-0.2, 0) is 0 Å². The van der Waals surface area contributed by atoms with Gasteiger partial charge in [-0.2, -0.15) is 5.10 Å². The molecule has 0 spiro atoms. The fourth-order valence-corrected chi connectivity index (χ4v) is 2.92. The van der Waals surface area contributed by atoms with E-state index in [0.717, 1.165) is 5.69 Å². The van der Waals surface area contributed by atoms with Crippen LogP contribution in [0.4, 0.5) is 10.1 Å². The largest absolute Gasteiger partial charge is 0.355 e. The third-order valence-electron chi connectivity index (χ3n) is 4.30. The van der Waals surface area contributed by atoms with Gasteiger partial charge in [-0.1, -0.05) is 13.8 Å². The Morgan fingerprint density at radius 1 is 1.00 bits per heavy atom. The lowest BCUT2D eigenvalue weighted by Crippen LogP contribution is -2.18. The van der Waals surface area contributed by atoms with Gasteiger partial charge in [0.25, 0.3) is 11.8 Å². The molecular formula is C21H21FN4O2. The summed E-state index contributed by atoms with van der Waals surface area (Å²) in [6, 6.07) is 12.6. The van der Waals surface area contributed by atoms with Crippen molar-refractivity contribution in [1.29, 1.82) is 0 Å². The Labute approximate surface area is 162 Å². The zero-order chi connectivity index (χ0) is 20.3. The van der Waals surface area contributed by atoms with Crippen LogP contribution in [0.15, 0.2) is 54.7 Å². The van der Waals surface area contributed by atoms with Crippen molar-refractivity contribution >= 4 is 17.5 Å². The molecule has 2 N–H and O–H groups in total. The van der Waals surface area contributed by atoms with Crippen molar-refractivity contribution in [1.82, 2.24) is 15.1 Å². The third-order valence-corrected chi connectivity index (χ3v) is 4.30. The highest BCUT2D eigenvalue weighted by molar-refractivity contribution is 6.05. The Balaban J connectivity index is 1.87. The number of amides is 2. The van der Waals surface area contributed by atoms with Crippen LogP contribution < -0.4 is 10.6 Å². The van der Waals surface area contributed by atoms with Crippen LogP contribution >= 0.6 is 0 Å². The number of anilines is 1. The number of hydrogen-bond donors (Lipinski definition) is 2. The van der Waals surface area contributed by atoms with E-state index in [1.165, 1.54) is 18.3 Å². The van der Waals surface area contributed by atoms with E-state index in [1.807, 2.05) is 13.8 Å². The van der Waals surface area contributed by atoms with E-state index in [1.54, 1.807) is 48.1 Å². The molecule has 7 heteroatoms. The molecule has 1 heterocycles. The predicted molar refractivity (Wildman–Crippen MR) is 105 cm³/mol. The summed E-state index contributed by atoms with van der Waals surface area (Å²) < 4.78 is 14.9. The Morgan fingerprint density at radius 3 is 2.21 bits per heavy atom. The van der Waals surface area contributed by atoms with Gasteiger partial charge in [0, 0.05) is 18.3 Å². The second kappa shape index (κ2) is 8.04. The van der Waals surface area contributed by atoms with Gasteiger partial charge >= 0.3 is 0 Å². The Morgan fingerprint density at radius 2 is 1.64 bits per heavy atom. The summed E-state index contributed by atoms with van der Waals surface area (Å²) >= 11 is 0. The van der Waals surface area contributed by atoms with Crippen LogP contribution in [0.25, 0.3) is 5.69 Å². The summed E-state index contributed by atoms with van der Waals surface area (Å²) in [5, 5.41) is 9.70. The van der Waals surface area contributed by atoms with Gasteiger partial charge in [0.05, 0.1) is 23.1 Å². The van der Waals surface area contributed by atoms with E-state index >= 15 is 0 Å². The molecule has 0 saturated carbocycles. The van der Waals surface area contributed by atoms with Gasteiger partial charge in [-0.15, -0.1) is 0 Å². The highest BCUT2D eigenvalue weighted by Crippen LogP contribution is 2.24. The molecule has 3 aromatic rings. The maximum Gasteiger partial charge on any atom is 0.259 e. The molecule has 1 aromatic heterocycles. The molecule has 6 nitrogen and oxygen atoms in total. The summed E-state index contributed by atoms with van der Waals surface area (Å²) in [5.41, 5.74) is 2.93. The Bertz CT molecular complexity index is 992. The van der Waals surface area contributed by atoms with E-state index < -0.39 is 0 Å². The van der Waals surface area contributed by atoms with Gasteiger partial charge in [-0.3, -0.25) is 9.59 Å². The SMILES string of the molecule is CNC(=O)c1ccc(NC(=O)c2cnn(-c3ccc(F)cc3)c2C(C)C)cc1. The quantitative estimate of drug-likeness (QED) is 0.708. The van der Waals surface area contributed by atoms with Crippen molar-refractivity contribution in [3.05, 3.63) is 77.4 Å². The van der Waals surface area contributed by atoms with Crippen LogP contribution in [0, 0.1) is 5.82 Å². The number of nitrogens with zero attached hydrogens (tertiary/aromatic N) is 2. The monoisotopic (exact) mass is 380 g/mol. The maximum atomic E-state index is 13.2. The summed E-state index contributed by atoms with van der Waals surface area (Å²) in [7, 11) is 1.56. The average molecular weight is 380 g/mol. The van der Waals surface area contributed by atoms with E-state index in [-0.39, 0.29) is 23.5 Å². The van der Waals surface area contributed by atoms with E-state index in [0.29, 0.717) is 22.5 Å². The molecule has 0 unspecified atom stereocenters. The molecule has 0 aliphatic rings. The first-order valence-corrected chi connectivity index (χ1v) is 8.88. The van der Waals surface area contributed by atoms with Gasteiger partial charge in [-0.25, -0.2) is 9.07 Å².